The van der Waals surface area contributed by atoms with Crippen LogP contribution in [-0.2, 0) is 21.2 Å². The van der Waals surface area contributed by atoms with Crippen LogP contribution in [0.3, 0.4) is 0 Å². The quantitative estimate of drug-likeness (QED) is 0.754. The largest absolute Gasteiger partial charge is 0.353 e. The molecular weight excluding hydrogens is 342 g/mol. The topological polar surface area (TPSA) is 101 Å². The van der Waals surface area contributed by atoms with Gasteiger partial charge in [0, 0.05) is 52.0 Å². The number of fused-ring (bicyclic) bond motifs is 1. The second kappa shape index (κ2) is 6.78. The van der Waals surface area contributed by atoms with Gasteiger partial charge in [-0.05, 0) is 11.6 Å². The van der Waals surface area contributed by atoms with Crippen LogP contribution in [0.5, 0.6) is 0 Å². The minimum atomic E-state index is -3.11. The van der Waals surface area contributed by atoms with E-state index in [-0.39, 0.29) is 36.0 Å². The maximum Gasteiger partial charge on any atom is 0.236 e. The molecule has 3 rings (SSSR count). The molecule has 2 saturated heterocycles. The lowest BCUT2D eigenvalue weighted by atomic mass is 10.0. The van der Waals surface area contributed by atoms with Crippen LogP contribution in [0.25, 0.3) is 0 Å². The smallest absolute Gasteiger partial charge is 0.236 e. The Labute approximate surface area is 147 Å². The van der Waals surface area contributed by atoms with Crippen LogP contribution in [-0.4, -0.2) is 91.3 Å². The molecule has 136 valence electrons. The van der Waals surface area contributed by atoms with Gasteiger partial charge >= 0.3 is 0 Å². The van der Waals surface area contributed by atoms with E-state index in [0.717, 1.165) is 5.56 Å². The third kappa shape index (κ3) is 3.86. The number of nitrogens with one attached hydrogen (secondary N) is 1. The summed E-state index contributed by atoms with van der Waals surface area (Å²) in [4.78, 5) is 20.7. The molecule has 0 spiro atoms. The minimum Gasteiger partial charge on any atom is -0.353 e. The minimum absolute atomic E-state index is 0.0132. The SMILES string of the molecule is CN(C)C(=O)CN1CCN(Cc2c[nH]c(C#N)c2)[C@H]2CS(=O)(=O)C[C@H]21. The van der Waals surface area contributed by atoms with Crippen molar-refractivity contribution in [3.05, 3.63) is 23.5 Å². The van der Waals surface area contributed by atoms with Gasteiger partial charge in [-0.25, -0.2) is 8.42 Å². The highest BCUT2D eigenvalue weighted by atomic mass is 32.2. The van der Waals surface area contributed by atoms with Gasteiger partial charge in [-0.3, -0.25) is 14.6 Å². The zero-order valence-corrected chi connectivity index (χ0v) is 15.3. The van der Waals surface area contributed by atoms with Crippen molar-refractivity contribution < 1.29 is 13.2 Å². The first-order chi connectivity index (χ1) is 11.8. The lowest BCUT2D eigenvalue weighted by Gasteiger charge is -2.43. The number of rotatable bonds is 4. The number of carbonyl (C=O) groups is 1. The Balaban J connectivity index is 1.76. The van der Waals surface area contributed by atoms with Crippen LogP contribution in [0, 0.1) is 11.3 Å². The lowest BCUT2D eigenvalue weighted by Crippen LogP contribution is -2.60. The van der Waals surface area contributed by atoms with Gasteiger partial charge in [-0.2, -0.15) is 5.26 Å². The molecule has 0 unspecified atom stereocenters. The first kappa shape index (κ1) is 17.9. The van der Waals surface area contributed by atoms with E-state index < -0.39 is 9.84 Å². The standard InChI is InChI=1S/C16H23N5O3S/c1-19(2)16(22)9-21-4-3-20(8-12-5-13(6-17)18-7-12)14-10-25(23,24)11-15(14)21/h5,7,14-15,18H,3-4,8-11H2,1-2H3/t14-,15+/m0/s1. The summed E-state index contributed by atoms with van der Waals surface area (Å²) in [5.74, 6) is 0.214. The molecule has 0 radical (unpaired) electrons. The molecule has 0 aromatic carbocycles. The van der Waals surface area contributed by atoms with E-state index >= 15 is 0 Å². The monoisotopic (exact) mass is 365 g/mol. The van der Waals surface area contributed by atoms with Crippen LogP contribution in [0.15, 0.2) is 12.3 Å². The maximum absolute atomic E-state index is 12.2. The van der Waals surface area contributed by atoms with Crippen molar-refractivity contribution in [2.24, 2.45) is 0 Å². The molecule has 3 heterocycles. The number of nitrogens with zero attached hydrogens (tertiary/aromatic N) is 4. The van der Waals surface area contributed by atoms with Crippen molar-refractivity contribution in [1.82, 2.24) is 19.7 Å². The zero-order chi connectivity index (χ0) is 18.2. The number of likely N-dealkylation sites (N-methyl/N-ethyl adjacent to an activating group) is 1. The van der Waals surface area contributed by atoms with Crippen LogP contribution < -0.4 is 0 Å². The Hall–Kier alpha value is -1.89. The van der Waals surface area contributed by atoms with E-state index in [1.807, 2.05) is 4.90 Å². The Morgan fingerprint density at radius 2 is 1.96 bits per heavy atom. The number of piperazine rings is 1. The van der Waals surface area contributed by atoms with E-state index in [2.05, 4.69) is 16.0 Å². The number of H-pyrrole nitrogens is 1. The average molecular weight is 365 g/mol. The van der Waals surface area contributed by atoms with Crippen molar-refractivity contribution >= 4 is 15.7 Å². The van der Waals surface area contributed by atoms with Gasteiger partial charge in [0.15, 0.2) is 9.84 Å². The van der Waals surface area contributed by atoms with Crippen molar-refractivity contribution in [3.63, 3.8) is 0 Å². The fraction of sp³-hybridized carbons (Fsp3) is 0.625. The second-order valence-corrected chi connectivity index (χ2v) is 9.13. The average Bonchev–Trinajstić information content (AvgIpc) is 3.12. The van der Waals surface area contributed by atoms with E-state index in [1.165, 1.54) is 4.90 Å². The van der Waals surface area contributed by atoms with Crippen LogP contribution in [0.2, 0.25) is 0 Å². The molecule has 0 aliphatic carbocycles. The normalized spacial score (nSPS) is 26.1. The highest BCUT2D eigenvalue weighted by molar-refractivity contribution is 7.91. The second-order valence-electron chi connectivity index (χ2n) is 6.97. The summed E-state index contributed by atoms with van der Waals surface area (Å²) in [5, 5.41) is 8.92. The predicted octanol–water partition coefficient (Wildman–Crippen LogP) is -0.742. The van der Waals surface area contributed by atoms with Crippen molar-refractivity contribution in [2.45, 2.75) is 18.6 Å². The van der Waals surface area contributed by atoms with E-state index in [0.29, 0.717) is 25.3 Å². The Morgan fingerprint density at radius 1 is 1.32 bits per heavy atom. The lowest BCUT2D eigenvalue weighted by molar-refractivity contribution is -0.131. The number of carbonyl (C=O) groups excluding carboxylic acids is 1. The third-order valence-electron chi connectivity index (χ3n) is 4.99. The first-order valence-corrected chi connectivity index (χ1v) is 10.1. The summed E-state index contributed by atoms with van der Waals surface area (Å²) in [6.07, 6.45) is 1.79. The molecule has 1 amide bonds. The van der Waals surface area contributed by atoms with E-state index in [9.17, 15) is 13.2 Å². The van der Waals surface area contributed by atoms with Crippen molar-refractivity contribution in [1.29, 1.82) is 5.26 Å². The van der Waals surface area contributed by atoms with Crippen LogP contribution >= 0.6 is 0 Å². The summed E-state index contributed by atoms with van der Waals surface area (Å²) in [6.45, 7) is 2.21. The van der Waals surface area contributed by atoms with Gasteiger partial charge in [-0.15, -0.1) is 0 Å². The fourth-order valence-electron chi connectivity index (χ4n) is 3.63. The molecule has 0 saturated carbocycles. The van der Waals surface area contributed by atoms with Crippen LogP contribution in [0.4, 0.5) is 0 Å². The highest BCUT2D eigenvalue weighted by Gasteiger charge is 2.46. The van der Waals surface area contributed by atoms with E-state index in [4.69, 9.17) is 5.26 Å². The predicted molar refractivity (Wildman–Crippen MR) is 92.4 cm³/mol. The molecule has 1 aromatic rings. The molecule has 25 heavy (non-hydrogen) atoms. The molecule has 0 bridgehead atoms. The first-order valence-electron chi connectivity index (χ1n) is 8.25. The zero-order valence-electron chi connectivity index (χ0n) is 14.5. The van der Waals surface area contributed by atoms with Gasteiger partial charge in [0.05, 0.1) is 18.1 Å². The summed E-state index contributed by atoms with van der Waals surface area (Å²) in [7, 11) is 0.306. The molecule has 8 nitrogen and oxygen atoms in total. The molecule has 9 heteroatoms. The number of amides is 1. The summed E-state index contributed by atoms with van der Waals surface area (Å²) < 4.78 is 24.4. The Kier molecular flexibility index (Phi) is 4.86. The number of nitriles is 1. The van der Waals surface area contributed by atoms with Crippen LogP contribution in [0.1, 0.15) is 11.3 Å². The number of hydrogen-bond donors (Lipinski definition) is 1. The molecule has 2 aliphatic rings. The fourth-order valence-corrected chi connectivity index (χ4v) is 5.68. The van der Waals surface area contributed by atoms with E-state index in [1.54, 1.807) is 26.4 Å². The van der Waals surface area contributed by atoms with Gasteiger partial charge in [-0.1, -0.05) is 0 Å². The number of aromatic nitrogens is 1. The maximum atomic E-state index is 12.2. The summed E-state index contributed by atoms with van der Waals surface area (Å²) in [6, 6.07) is 3.58. The number of aromatic amines is 1. The van der Waals surface area contributed by atoms with Gasteiger partial charge < -0.3 is 9.88 Å². The van der Waals surface area contributed by atoms with Gasteiger partial charge in [0.25, 0.3) is 0 Å². The molecular formula is C16H23N5O3S. The number of sulfone groups is 1. The molecule has 2 aliphatic heterocycles. The highest BCUT2D eigenvalue weighted by Crippen LogP contribution is 2.28. The Morgan fingerprint density at radius 3 is 2.56 bits per heavy atom. The third-order valence-corrected chi connectivity index (χ3v) is 6.69. The van der Waals surface area contributed by atoms with Gasteiger partial charge in [0.2, 0.25) is 5.91 Å². The van der Waals surface area contributed by atoms with Crippen molar-refractivity contribution in [2.75, 3.05) is 45.2 Å². The summed E-state index contributed by atoms with van der Waals surface area (Å²) in [5.41, 5.74) is 1.47. The molecule has 1 N–H and O–H groups in total. The Bertz CT molecular complexity index is 795. The van der Waals surface area contributed by atoms with Gasteiger partial charge in [0.1, 0.15) is 11.8 Å². The van der Waals surface area contributed by atoms with Crippen molar-refractivity contribution in [3.8, 4) is 6.07 Å². The molecule has 1 aromatic heterocycles. The molecule has 2 fully saturated rings. The molecule has 2 atom stereocenters. The summed E-state index contributed by atoms with van der Waals surface area (Å²) >= 11 is 0. The number of hydrogen-bond acceptors (Lipinski definition) is 6.